The Labute approximate surface area is 105 Å². The van der Waals surface area contributed by atoms with Crippen LogP contribution in [-0.4, -0.2) is 34.0 Å². The van der Waals surface area contributed by atoms with Crippen molar-refractivity contribution >= 4 is 5.71 Å². The molecule has 1 aliphatic rings. The molecule has 0 aromatic heterocycles. The Morgan fingerprint density at radius 1 is 1.32 bits per heavy atom. The van der Waals surface area contributed by atoms with Crippen LogP contribution in [0.15, 0.2) is 29.4 Å². The third-order valence-electron chi connectivity index (χ3n) is 2.84. The number of rotatable bonds is 3. The van der Waals surface area contributed by atoms with E-state index < -0.39 is 24.5 Å². The van der Waals surface area contributed by atoms with Gasteiger partial charge in [-0.3, -0.25) is 5.43 Å². The van der Waals surface area contributed by atoms with Crippen molar-refractivity contribution in [1.29, 1.82) is 0 Å². The number of hydrazone groups is 1. The summed E-state index contributed by atoms with van der Waals surface area (Å²) < 4.78 is 51.0. The molecule has 0 fully saturated rings. The Morgan fingerprint density at radius 2 is 1.95 bits per heavy atom. The van der Waals surface area contributed by atoms with Crippen LogP contribution >= 0.6 is 0 Å². The van der Waals surface area contributed by atoms with E-state index in [0.29, 0.717) is 0 Å². The molecule has 104 valence electrons. The number of aromatic hydroxyl groups is 1. The highest BCUT2D eigenvalue weighted by molar-refractivity contribution is 6.04. The highest BCUT2D eigenvalue weighted by Crippen LogP contribution is 2.39. The van der Waals surface area contributed by atoms with E-state index in [1.165, 1.54) is 24.3 Å². The van der Waals surface area contributed by atoms with Gasteiger partial charge in [-0.25, -0.2) is 8.78 Å². The fraction of sp³-hybridized carbons (Fsp3) is 0.364. The summed E-state index contributed by atoms with van der Waals surface area (Å²) in [6.45, 7) is 0. The van der Waals surface area contributed by atoms with Crippen LogP contribution < -0.4 is 5.43 Å². The van der Waals surface area contributed by atoms with Gasteiger partial charge in [0.1, 0.15) is 5.75 Å². The Bertz CT molecular complexity index is 521. The summed E-state index contributed by atoms with van der Waals surface area (Å²) in [6.07, 6.45) is -4.88. The lowest BCUT2D eigenvalue weighted by atomic mass is 9.96. The highest BCUT2D eigenvalue weighted by Gasteiger charge is 2.62. The molecule has 1 aromatic carbocycles. The molecule has 1 atom stereocenters. The van der Waals surface area contributed by atoms with E-state index in [9.17, 15) is 27.8 Å². The highest BCUT2D eigenvalue weighted by atomic mass is 19.3. The maximum Gasteiger partial charge on any atom is 0.355 e. The number of benzene rings is 1. The molecule has 1 heterocycles. The average Bonchev–Trinajstić information content (AvgIpc) is 2.74. The van der Waals surface area contributed by atoms with E-state index in [4.69, 9.17) is 0 Å². The Morgan fingerprint density at radius 3 is 2.53 bits per heavy atom. The molecule has 4 nitrogen and oxygen atoms in total. The smallest absolute Gasteiger partial charge is 0.355 e. The molecule has 0 saturated carbocycles. The third kappa shape index (κ3) is 2.12. The van der Waals surface area contributed by atoms with Gasteiger partial charge in [0.15, 0.2) is 0 Å². The van der Waals surface area contributed by atoms with Crippen LogP contribution in [0.25, 0.3) is 0 Å². The van der Waals surface area contributed by atoms with Crippen LogP contribution in [0.3, 0.4) is 0 Å². The van der Waals surface area contributed by atoms with Crippen molar-refractivity contribution in [2.24, 2.45) is 5.10 Å². The van der Waals surface area contributed by atoms with Gasteiger partial charge in [0.25, 0.3) is 0 Å². The minimum absolute atomic E-state index is 0.0935. The van der Waals surface area contributed by atoms with Crippen molar-refractivity contribution in [3.8, 4) is 5.75 Å². The SMILES string of the molecule is Oc1ccccc1C1=NN[C@](O)(C(F)(F)C(F)F)C1. The summed E-state index contributed by atoms with van der Waals surface area (Å²) in [6, 6.07) is 5.69. The van der Waals surface area contributed by atoms with Gasteiger partial charge < -0.3 is 10.2 Å². The first-order valence-corrected chi connectivity index (χ1v) is 5.28. The summed E-state index contributed by atoms with van der Waals surface area (Å²) in [5.74, 6) is -4.91. The van der Waals surface area contributed by atoms with Crippen LogP contribution in [0.2, 0.25) is 0 Å². The number of phenolic OH excluding ortho intramolecular Hbond substituents is 1. The normalized spacial score (nSPS) is 23.4. The van der Waals surface area contributed by atoms with Crippen molar-refractivity contribution in [2.45, 2.75) is 24.5 Å². The monoisotopic (exact) mass is 278 g/mol. The topological polar surface area (TPSA) is 64.9 Å². The van der Waals surface area contributed by atoms with E-state index >= 15 is 0 Å². The minimum atomic E-state index is -4.66. The summed E-state index contributed by atoms with van der Waals surface area (Å²) in [7, 11) is 0. The van der Waals surface area contributed by atoms with Crippen molar-refractivity contribution in [3.63, 3.8) is 0 Å². The third-order valence-corrected chi connectivity index (χ3v) is 2.84. The summed E-state index contributed by atoms with van der Waals surface area (Å²) in [5, 5.41) is 22.5. The van der Waals surface area contributed by atoms with E-state index in [1.807, 2.05) is 0 Å². The predicted molar refractivity (Wildman–Crippen MR) is 58.3 cm³/mol. The number of hydrogen-bond acceptors (Lipinski definition) is 4. The molecule has 0 spiro atoms. The summed E-state index contributed by atoms with van der Waals surface area (Å²) in [5.41, 5.74) is -1.57. The number of nitrogens with zero attached hydrogens (tertiary/aromatic N) is 1. The zero-order chi connectivity index (χ0) is 14.3. The molecule has 3 N–H and O–H groups in total. The first-order chi connectivity index (χ1) is 8.78. The Balaban J connectivity index is 2.27. The molecule has 0 bridgehead atoms. The molecule has 1 aromatic rings. The Kier molecular flexibility index (Phi) is 3.13. The number of aliphatic hydroxyl groups is 1. The molecular weight excluding hydrogens is 268 g/mol. The molecule has 1 aliphatic heterocycles. The maximum atomic E-state index is 13.2. The zero-order valence-electron chi connectivity index (χ0n) is 9.45. The van der Waals surface area contributed by atoms with Gasteiger partial charge in [-0.2, -0.15) is 13.9 Å². The van der Waals surface area contributed by atoms with E-state index in [-0.39, 0.29) is 17.0 Å². The fourth-order valence-corrected chi connectivity index (χ4v) is 1.73. The van der Waals surface area contributed by atoms with E-state index in [2.05, 4.69) is 5.10 Å². The second-order valence-corrected chi connectivity index (χ2v) is 4.15. The maximum absolute atomic E-state index is 13.2. The first kappa shape index (κ1) is 13.6. The minimum Gasteiger partial charge on any atom is -0.507 e. The quantitative estimate of drug-likeness (QED) is 0.737. The second-order valence-electron chi connectivity index (χ2n) is 4.15. The second kappa shape index (κ2) is 4.37. The molecule has 8 heteroatoms. The van der Waals surface area contributed by atoms with Gasteiger partial charge in [0.05, 0.1) is 5.71 Å². The van der Waals surface area contributed by atoms with Crippen LogP contribution in [-0.2, 0) is 0 Å². The number of hydrogen-bond donors (Lipinski definition) is 3. The lowest BCUT2D eigenvalue weighted by molar-refractivity contribution is -0.248. The number of phenols is 1. The zero-order valence-corrected chi connectivity index (χ0v) is 9.45. The van der Waals surface area contributed by atoms with E-state index in [0.717, 1.165) is 0 Å². The number of para-hydroxylation sites is 1. The first-order valence-electron chi connectivity index (χ1n) is 5.28. The fourth-order valence-electron chi connectivity index (χ4n) is 1.73. The average molecular weight is 278 g/mol. The largest absolute Gasteiger partial charge is 0.507 e. The lowest BCUT2D eigenvalue weighted by Crippen LogP contribution is -2.58. The summed E-state index contributed by atoms with van der Waals surface area (Å²) in [4.78, 5) is 0. The molecule has 0 saturated heterocycles. The van der Waals surface area contributed by atoms with E-state index in [1.54, 1.807) is 5.43 Å². The molecule has 2 rings (SSSR count). The van der Waals surface area contributed by atoms with Crippen molar-refractivity contribution in [3.05, 3.63) is 29.8 Å². The van der Waals surface area contributed by atoms with Gasteiger partial charge in [-0.05, 0) is 12.1 Å². The predicted octanol–water partition coefficient (Wildman–Crippen LogP) is 1.68. The molecular formula is C11H10F4N2O2. The summed E-state index contributed by atoms with van der Waals surface area (Å²) >= 11 is 0. The van der Waals surface area contributed by atoms with Gasteiger partial charge in [-0.1, -0.05) is 12.1 Å². The molecule has 0 aliphatic carbocycles. The van der Waals surface area contributed by atoms with Crippen LogP contribution in [0, 0.1) is 0 Å². The van der Waals surface area contributed by atoms with Crippen molar-refractivity contribution in [2.75, 3.05) is 0 Å². The van der Waals surface area contributed by atoms with Crippen molar-refractivity contribution < 1.29 is 27.8 Å². The van der Waals surface area contributed by atoms with Crippen LogP contribution in [0.4, 0.5) is 17.6 Å². The molecule has 19 heavy (non-hydrogen) atoms. The number of alkyl halides is 4. The number of halogens is 4. The standard InChI is InChI=1S/C11H10F4N2O2/c12-9(13)11(14,15)10(19)5-7(16-17-10)6-3-1-2-4-8(6)18/h1-4,9,17-19H,5H2/t10-/m1/s1. The molecule has 0 unspecified atom stereocenters. The van der Waals surface area contributed by atoms with Gasteiger partial charge in [0, 0.05) is 12.0 Å². The van der Waals surface area contributed by atoms with Gasteiger partial charge >= 0.3 is 12.3 Å². The molecule has 0 radical (unpaired) electrons. The van der Waals surface area contributed by atoms with Crippen molar-refractivity contribution in [1.82, 2.24) is 5.43 Å². The Hall–Kier alpha value is -1.83. The number of nitrogens with one attached hydrogen (secondary N) is 1. The molecule has 0 amide bonds. The van der Waals surface area contributed by atoms with Gasteiger partial charge in [0.2, 0.25) is 5.72 Å². The van der Waals surface area contributed by atoms with Crippen LogP contribution in [0.5, 0.6) is 5.75 Å². The van der Waals surface area contributed by atoms with Gasteiger partial charge in [-0.15, -0.1) is 0 Å². The van der Waals surface area contributed by atoms with Crippen LogP contribution in [0.1, 0.15) is 12.0 Å². The lowest BCUT2D eigenvalue weighted by Gasteiger charge is -2.30.